The van der Waals surface area contributed by atoms with E-state index in [1.807, 2.05) is 38.2 Å². The molecular formula is C14H14N4O. The SMILES string of the molecule is Cc1cc(Oc2ccc(N)c3cnccc23)n(C)n1. The number of nitrogens with zero attached hydrogens (tertiary/aromatic N) is 3. The Morgan fingerprint density at radius 1 is 1.21 bits per heavy atom. The Morgan fingerprint density at radius 2 is 2.05 bits per heavy atom. The maximum Gasteiger partial charge on any atom is 0.217 e. The van der Waals surface area contributed by atoms with Crippen molar-refractivity contribution < 1.29 is 4.74 Å². The summed E-state index contributed by atoms with van der Waals surface area (Å²) in [5.74, 6) is 1.44. The molecule has 0 aliphatic carbocycles. The first kappa shape index (κ1) is 11.5. The Hall–Kier alpha value is -2.56. The number of ether oxygens (including phenoxy) is 1. The normalized spacial score (nSPS) is 10.8. The number of hydrogen-bond acceptors (Lipinski definition) is 4. The van der Waals surface area contributed by atoms with Gasteiger partial charge in [0.05, 0.1) is 5.69 Å². The average Bonchev–Trinajstić information content (AvgIpc) is 2.72. The van der Waals surface area contributed by atoms with Crippen molar-refractivity contribution in [3.05, 3.63) is 42.4 Å². The van der Waals surface area contributed by atoms with E-state index in [1.165, 1.54) is 0 Å². The minimum atomic E-state index is 0.691. The molecule has 0 unspecified atom stereocenters. The molecule has 0 bridgehead atoms. The smallest absolute Gasteiger partial charge is 0.217 e. The maximum absolute atomic E-state index is 5.94. The summed E-state index contributed by atoms with van der Waals surface area (Å²) in [6.07, 6.45) is 3.47. The van der Waals surface area contributed by atoms with Gasteiger partial charge in [0, 0.05) is 42.0 Å². The first-order valence-corrected chi connectivity index (χ1v) is 5.96. The molecule has 5 heteroatoms. The lowest BCUT2D eigenvalue weighted by Gasteiger charge is -2.09. The van der Waals surface area contributed by atoms with Crippen molar-refractivity contribution in [3.8, 4) is 11.6 Å². The van der Waals surface area contributed by atoms with Gasteiger partial charge in [-0.15, -0.1) is 0 Å². The van der Waals surface area contributed by atoms with E-state index in [2.05, 4.69) is 10.1 Å². The summed E-state index contributed by atoms with van der Waals surface area (Å²) in [6.45, 7) is 1.93. The molecule has 0 spiro atoms. The molecule has 2 N–H and O–H groups in total. The third-order valence-electron chi connectivity index (χ3n) is 2.99. The van der Waals surface area contributed by atoms with E-state index in [4.69, 9.17) is 10.5 Å². The second-order valence-electron chi connectivity index (χ2n) is 4.42. The summed E-state index contributed by atoms with van der Waals surface area (Å²) in [7, 11) is 1.85. The third kappa shape index (κ3) is 1.99. The Labute approximate surface area is 110 Å². The van der Waals surface area contributed by atoms with Gasteiger partial charge in [-0.2, -0.15) is 5.10 Å². The van der Waals surface area contributed by atoms with Crippen molar-refractivity contribution in [3.63, 3.8) is 0 Å². The largest absolute Gasteiger partial charge is 0.439 e. The minimum absolute atomic E-state index is 0.691. The summed E-state index contributed by atoms with van der Waals surface area (Å²) in [4.78, 5) is 4.09. The predicted octanol–water partition coefficient (Wildman–Crippen LogP) is 2.65. The molecule has 19 heavy (non-hydrogen) atoms. The zero-order valence-corrected chi connectivity index (χ0v) is 10.8. The van der Waals surface area contributed by atoms with Crippen LogP contribution >= 0.6 is 0 Å². The second-order valence-corrected chi connectivity index (χ2v) is 4.42. The molecular weight excluding hydrogens is 240 g/mol. The predicted molar refractivity (Wildman–Crippen MR) is 74.2 cm³/mol. The number of nitrogen functional groups attached to an aromatic ring is 1. The van der Waals surface area contributed by atoms with E-state index < -0.39 is 0 Å². The first-order valence-electron chi connectivity index (χ1n) is 5.96. The van der Waals surface area contributed by atoms with E-state index in [1.54, 1.807) is 17.1 Å². The number of nitrogens with two attached hydrogens (primary N) is 1. The van der Waals surface area contributed by atoms with Crippen molar-refractivity contribution in [2.45, 2.75) is 6.92 Å². The summed E-state index contributed by atoms with van der Waals surface area (Å²) in [5.41, 5.74) is 7.55. The Kier molecular flexibility index (Phi) is 2.59. The van der Waals surface area contributed by atoms with Crippen molar-refractivity contribution in [2.24, 2.45) is 7.05 Å². The highest BCUT2D eigenvalue weighted by molar-refractivity contribution is 5.96. The summed E-state index contributed by atoms with van der Waals surface area (Å²) >= 11 is 0. The number of aromatic nitrogens is 3. The van der Waals surface area contributed by atoms with Crippen LogP contribution in [0.15, 0.2) is 36.7 Å². The average molecular weight is 254 g/mol. The van der Waals surface area contributed by atoms with Crippen LogP contribution in [0.3, 0.4) is 0 Å². The van der Waals surface area contributed by atoms with Crippen molar-refractivity contribution in [1.29, 1.82) is 0 Å². The zero-order chi connectivity index (χ0) is 13.4. The molecule has 0 atom stereocenters. The Morgan fingerprint density at radius 3 is 2.79 bits per heavy atom. The molecule has 2 aromatic heterocycles. The third-order valence-corrected chi connectivity index (χ3v) is 2.99. The van der Waals surface area contributed by atoms with Crippen molar-refractivity contribution in [2.75, 3.05) is 5.73 Å². The number of rotatable bonds is 2. The Bertz CT molecular complexity index is 748. The van der Waals surface area contributed by atoms with Crippen LogP contribution in [0, 0.1) is 6.92 Å². The molecule has 3 aromatic rings. The van der Waals surface area contributed by atoms with Gasteiger partial charge >= 0.3 is 0 Å². The Balaban J connectivity index is 2.11. The lowest BCUT2D eigenvalue weighted by Crippen LogP contribution is -1.96. The van der Waals surface area contributed by atoms with Crippen LogP contribution in [0.1, 0.15) is 5.69 Å². The maximum atomic E-state index is 5.94. The standard InChI is InChI=1S/C14H14N4O/c1-9-7-14(18(2)17-9)19-13-4-3-12(15)11-8-16-6-5-10(11)13/h3-8H,15H2,1-2H3. The van der Waals surface area contributed by atoms with Gasteiger partial charge in [-0.1, -0.05) is 0 Å². The molecule has 0 aliphatic rings. The quantitative estimate of drug-likeness (QED) is 0.714. The molecule has 96 valence electrons. The highest BCUT2D eigenvalue weighted by Gasteiger charge is 2.09. The highest BCUT2D eigenvalue weighted by atomic mass is 16.5. The zero-order valence-electron chi connectivity index (χ0n) is 10.8. The van der Waals surface area contributed by atoms with Crippen molar-refractivity contribution >= 4 is 16.5 Å². The molecule has 0 amide bonds. The number of benzene rings is 1. The molecule has 0 aliphatic heterocycles. The fourth-order valence-electron chi connectivity index (χ4n) is 2.07. The van der Waals surface area contributed by atoms with Gasteiger partial charge in [0.1, 0.15) is 5.75 Å². The van der Waals surface area contributed by atoms with Gasteiger partial charge in [-0.3, -0.25) is 4.98 Å². The molecule has 3 rings (SSSR count). The van der Waals surface area contributed by atoms with E-state index in [0.29, 0.717) is 11.6 Å². The van der Waals surface area contributed by atoms with Gasteiger partial charge < -0.3 is 10.5 Å². The second kappa shape index (κ2) is 4.28. The lowest BCUT2D eigenvalue weighted by molar-refractivity contribution is 0.435. The van der Waals surface area contributed by atoms with Crippen LogP contribution < -0.4 is 10.5 Å². The molecule has 5 nitrogen and oxygen atoms in total. The van der Waals surface area contributed by atoms with Crippen molar-refractivity contribution in [1.82, 2.24) is 14.8 Å². The van der Waals surface area contributed by atoms with Gasteiger partial charge in [0.2, 0.25) is 5.88 Å². The van der Waals surface area contributed by atoms with Crippen LogP contribution in [0.25, 0.3) is 10.8 Å². The van der Waals surface area contributed by atoms with Gasteiger partial charge in [0.25, 0.3) is 0 Å². The van der Waals surface area contributed by atoms with Gasteiger partial charge in [0.15, 0.2) is 0 Å². The molecule has 0 saturated carbocycles. The summed E-state index contributed by atoms with van der Waals surface area (Å²) in [5, 5.41) is 6.09. The van der Waals surface area contributed by atoms with Gasteiger partial charge in [-0.05, 0) is 25.1 Å². The van der Waals surface area contributed by atoms with E-state index in [-0.39, 0.29) is 0 Å². The summed E-state index contributed by atoms with van der Waals surface area (Å²) < 4.78 is 7.62. The van der Waals surface area contributed by atoms with Crippen LogP contribution in [-0.4, -0.2) is 14.8 Å². The number of aryl methyl sites for hydroxylation is 2. The fourth-order valence-corrected chi connectivity index (χ4v) is 2.07. The number of pyridine rings is 1. The summed E-state index contributed by atoms with van der Waals surface area (Å²) in [6, 6.07) is 7.47. The number of fused-ring (bicyclic) bond motifs is 1. The molecule has 2 heterocycles. The molecule has 0 saturated heterocycles. The molecule has 0 radical (unpaired) electrons. The monoisotopic (exact) mass is 254 g/mol. The van der Waals surface area contributed by atoms with Crippen LogP contribution in [0.4, 0.5) is 5.69 Å². The van der Waals surface area contributed by atoms with E-state index >= 15 is 0 Å². The first-order chi connectivity index (χ1) is 9.15. The van der Waals surface area contributed by atoms with Gasteiger partial charge in [-0.25, -0.2) is 4.68 Å². The van der Waals surface area contributed by atoms with E-state index in [0.717, 1.165) is 22.2 Å². The fraction of sp³-hybridized carbons (Fsp3) is 0.143. The topological polar surface area (TPSA) is 66.0 Å². The number of anilines is 1. The lowest BCUT2D eigenvalue weighted by atomic mass is 10.1. The van der Waals surface area contributed by atoms with Crippen LogP contribution in [0.5, 0.6) is 11.6 Å². The minimum Gasteiger partial charge on any atom is -0.439 e. The van der Waals surface area contributed by atoms with Crippen LogP contribution in [0.2, 0.25) is 0 Å². The van der Waals surface area contributed by atoms with E-state index in [9.17, 15) is 0 Å². The molecule has 0 fully saturated rings. The molecule has 1 aromatic carbocycles. The number of hydrogen-bond donors (Lipinski definition) is 1. The highest BCUT2D eigenvalue weighted by Crippen LogP contribution is 2.32. The van der Waals surface area contributed by atoms with Crippen LogP contribution in [-0.2, 0) is 7.05 Å².